The Balaban J connectivity index is 0.00000132. The van der Waals surface area contributed by atoms with Crippen LogP contribution in [0.4, 0.5) is 9.18 Å². The van der Waals surface area contributed by atoms with Crippen LogP contribution in [0, 0.1) is 0 Å². The van der Waals surface area contributed by atoms with Gasteiger partial charge < -0.3 is 9.47 Å². The summed E-state index contributed by atoms with van der Waals surface area (Å²) in [6.07, 6.45) is 1.66. The molecule has 1 aliphatic rings. The smallest absolute Gasteiger partial charge is 0.419 e. The predicted molar refractivity (Wildman–Crippen MR) is 120 cm³/mol. The molecule has 3 heterocycles. The lowest BCUT2D eigenvalue weighted by atomic mass is 10.0. The number of ether oxygens (including phenoxy) is 2. The number of halogens is 1. The van der Waals surface area contributed by atoms with E-state index in [4.69, 9.17) is 9.47 Å². The highest BCUT2D eigenvalue weighted by atomic mass is 19.1. The maximum Gasteiger partial charge on any atom is 0.419 e. The molecule has 0 aliphatic heterocycles. The third-order valence-corrected chi connectivity index (χ3v) is 4.62. The SMILES string of the molecule is CC.COc1ccc2ccc(-c3cc4c(n3C(=O)OC(C)(C)C)C=C(F)CC4)nc2n1. The van der Waals surface area contributed by atoms with Crippen LogP contribution in [-0.2, 0) is 11.2 Å². The molecule has 3 aromatic rings. The van der Waals surface area contributed by atoms with E-state index in [9.17, 15) is 9.18 Å². The molecule has 0 N–H and O–H groups in total. The van der Waals surface area contributed by atoms with Gasteiger partial charge in [-0.1, -0.05) is 13.8 Å². The Labute approximate surface area is 181 Å². The molecule has 0 atom stereocenters. The zero-order valence-electron chi connectivity index (χ0n) is 18.8. The van der Waals surface area contributed by atoms with Gasteiger partial charge in [0.2, 0.25) is 5.88 Å². The summed E-state index contributed by atoms with van der Waals surface area (Å²) in [5, 5.41) is 0.848. The van der Waals surface area contributed by atoms with E-state index in [-0.39, 0.29) is 5.83 Å². The lowest BCUT2D eigenvalue weighted by Gasteiger charge is -2.21. The molecule has 6 nitrogen and oxygen atoms in total. The van der Waals surface area contributed by atoms with Crippen LogP contribution in [0.25, 0.3) is 28.5 Å². The summed E-state index contributed by atoms with van der Waals surface area (Å²) in [6, 6.07) is 9.20. The average molecular weight is 426 g/mol. The van der Waals surface area contributed by atoms with Crippen LogP contribution in [0.3, 0.4) is 0 Å². The molecule has 0 saturated heterocycles. The van der Waals surface area contributed by atoms with Crippen LogP contribution in [0.15, 0.2) is 36.2 Å². The number of allylic oxidation sites excluding steroid dienone is 1. The van der Waals surface area contributed by atoms with Crippen LogP contribution < -0.4 is 4.74 Å². The van der Waals surface area contributed by atoms with E-state index in [0.29, 0.717) is 41.5 Å². The number of fused-ring (bicyclic) bond motifs is 2. The third kappa shape index (κ3) is 4.76. The maximum absolute atomic E-state index is 14.0. The molecule has 0 bridgehead atoms. The monoisotopic (exact) mass is 425 g/mol. The van der Waals surface area contributed by atoms with Gasteiger partial charge in [0.05, 0.1) is 24.2 Å². The molecule has 1 aliphatic carbocycles. The number of carbonyl (C=O) groups is 1. The largest absolute Gasteiger partial charge is 0.481 e. The minimum Gasteiger partial charge on any atom is -0.481 e. The topological polar surface area (TPSA) is 66.2 Å². The van der Waals surface area contributed by atoms with Gasteiger partial charge in [-0.2, -0.15) is 4.98 Å². The van der Waals surface area contributed by atoms with Crippen LogP contribution >= 0.6 is 0 Å². The van der Waals surface area contributed by atoms with Gasteiger partial charge in [-0.05, 0) is 63.1 Å². The van der Waals surface area contributed by atoms with Gasteiger partial charge in [0.1, 0.15) is 11.4 Å². The second-order valence-electron chi connectivity index (χ2n) is 7.94. The molecule has 31 heavy (non-hydrogen) atoms. The van der Waals surface area contributed by atoms with Crippen molar-refractivity contribution in [3.05, 3.63) is 47.4 Å². The molecular formula is C24H28FN3O3. The van der Waals surface area contributed by atoms with E-state index in [0.717, 1.165) is 10.9 Å². The Morgan fingerprint density at radius 1 is 1.10 bits per heavy atom. The number of aryl methyl sites for hydroxylation is 1. The first kappa shape index (κ1) is 22.5. The van der Waals surface area contributed by atoms with E-state index in [1.165, 1.54) is 10.6 Å². The van der Waals surface area contributed by atoms with Crippen molar-refractivity contribution >= 4 is 23.2 Å². The summed E-state index contributed by atoms with van der Waals surface area (Å²) >= 11 is 0. The fraction of sp³-hybridized carbons (Fsp3) is 0.375. The molecule has 4 rings (SSSR count). The van der Waals surface area contributed by atoms with Crippen molar-refractivity contribution < 1.29 is 18.7 Å². The highest BCUT2D eigenvalue weighted by molar-refractivity contribution is 5.85. The van der Waals surface area contributed by atoms with E-state index < -0.39 is 11.7 Å². The molecule has 0 spiro atoms. The molecule has 0 aromatic carbocycles. The van der Waals surface area contributed by atoms with Crippen LogP contribution in [-0.4, -0.2) is 33.3 Å². The Kier molecular flexibility index (Phi) is 6.43. The molecule has 0 fully saturated rings. The maximum atomic E-state index is 14.0. The predicted octanol–water partition coefficient (Wildman–Crippen LogP) is 6.17. The fourth-order valence-corrected chi connectivity index (χ4v) is 3.34. The first-order valence-electron chi connectivity index (χ1n) is 10.4. The number of carbonyl (C=O) groups excluding carboxylic acids is 1. The molecular weight excluding hydrogens is 397 g/mol. The van der Waals surface area contributed by atoms with Crippen molar-refractivity contribution in [3.8, 4) is 17.3 Å². The minimum atomic E-state index is -0.686. The summed E-state index contributed by atoms with van der Waals surface area (Å²) in [7, 11) is 1.54. The summed E-state index contributed by atoms with van der Waals surface area (Å²) < 4.78 is 26.2. The lowest BCUT2D eigenvalue weighted by Crippen LogP contribution is -2.28. The summed E-state index contributed by atoms with van der Waals surface area (Å²) in [4.78, 5) is 22.0. The fourth-order valence-electron chi connectivity index (χ4n) is 3.34. The second kappa shape index (κ2) is 8.88. The highest BCUT2D eigenvalue weighted by Gasteiger charge is 2.27. The van der Waals surface area contributed by atoms with E-state index in [1.807, 2.05) is 38.1 Å². The van der Waals surface area contributed by atoms with Gasteiger partial charge >= 0.3 is 6.09 Å². The standard InChI is InChI=1S/C22H22FN3O3.C2H6/c1-22(2,3)29-21(27)26-17-12-15(23)8-5-14(17)11-18(26)16-9-6-13-7-10-19(28-4)25-20(13)24-16;1-2/h6-7,9-12H,5,8H2,1-4H3;1-2H3. The number of hydrogen-bond acceptors (Lipinski definition) is 5. The molecule has 0 unspecified atom stereocenters. The number of hydrogen-bond donors (Lipinski definition) is 0. The lowest BCUT2D eigenvalue weighted by molar-refractivity contribution is 0.0539. The van der Waals surface area contributed by atoms with Gasteiger partial charge in [-0.15, -0.1) is 0 Å². The van der Waals surface area contributed by atoms with Gasteiger partial charge in [0.25, 0.3) is 0 Å². The van der Waals surface area contributed by atoms with Crippen molar-refractivity contribution in [2.45, 2.75) is 53.1 Å². The normalized spacial score (nSPS) is 13.1. The zero-order valence-corrected chi connectivity index (χ0v) is 18.8. The van der Waals surface area contributed by atoms with Crippen LogP contribution in [0.5, 0.6) is 5.88 Å². The van der Waals surface area contributed by atoms with Crippen molar-refractivity contribution in [2.24, 2.45) is 0 Å². The Hall–Kier alpha value is -3.22. The third-order valence-electron chi connectivity index (χ3n) is 4.62. The van der Waals surface area contributed by atoms with Crippen LogP contribution in [0.2, 0.25) is 0 Å². The van der Waals surface area contributed by atoms with Gasteiger partial charge in [0.15, 0.2) is 5.65 Å². The highest BCUT2D eigenvalue weighted by Crippen LogP contribution is 2.33. The summed E-state index contributed by atoms with van der Waals surface area (Å²) in [6.45, 7) is 9.38. The number of pyridine rings is 2. The summed E-state index contributed by atoms with van der Waals surface area (Å²) in [5.74, 6) is 0.193. The minimum absolute atomic E-state index is 0.259. The van der Waals surface area contributed by atoms with Gasteiger partial charge in [0, 0.05) is 17.9 Å². The van der Waals surface area contributed by atoms with Crippen molar-refractivity contribution in [2.75, 3.05) is 7.11 Å². The number of methoxy groups -OCH3 is 1. The van der Waals surface area contributed by atoms with Crippen molar-refractivity contribution in [1.82, 2.24) is 14.5 Å². The number of aromatic nitrogens is 3. The molecule has 7 heteroatoms. The number of nitrogens with zero attached hydrogens (tertiary/aromatic N) is 3. The van der Waals surface area contributed by atoms with Crippen LogP contribution in [0.1, 0.15) is 52.3 Å². The van der Waals surface area contributed by atoms with E-state index in [1.54, 1.807) is 33.9 Å². The second-order valence-corrected chi connectivity index (χ2v) is 7.94. The zero-order chi connectivity index (χ0) is 22.8. The van der Waals surface area contributed by atoms with Crippen molar-refractivity contribution in [1.29, 1.82) is 0 Å². The quantitative estimate of drug-likeness (QED) is 0.491. The van der Waals surface area contributed by atoms with Crippen molar-refractivity contribution in [3.63, 3.8) is 0 Å². The van der Waals surface area contributed by atoms with Gasteiger partial charge in [-0.3, -0.25) is 0 Å². The Morgan fingerprint density at radius 3 is 2.48 bits per heavy atom. The Morgan fingerprint density at radius 2 is 1.81 bits per heavy atom. The average Bonchev–Trinajstić information content (AvgIpc) is 3.12. The van der Waals surface area contributed by atoms with Gasteiger partial charge in [-0.25, -0.2) is 18.7 Å². The molecule has 0 amide bonds. The number of rotatable bonds is 2. The first-order valence-corrected chi connectivity index (χ1v) is 10.4. The van der Waals surface area contributed by atoms with E-state index in [2.05, 4.69) is 9.97 Å². The summed E-state index contributed by atoms with van der Waals surface area (Å²) in [5.41, 5.74) is 2.28. The van der Waals surface area contributed by atoms with E-state index >= 15 is 0 Å². The molecule has 164 valence electrons. The molecule has 0 saturated carbocycles. The molecule has 3 aromatic heterocycles. The molecule has 0 radical (unpaired) electrons. The Bertz CT molecular complexity index is 1140. The first-order chi connectivity index (χ1) is 14.7.